The Morgan fingerprint density at radius 3 is 1.88 bits per heavy atom. The van der Waals surface area contributed by atoms with Crippen molar-refractivity contribution in [3.05, 3.63) is 47.6 Å². The average molecular weight is 332 g/mol. The van der Waals surface area contributed by atoms with Gasteiger partial charge in [-0.25, -0.2) is 14.4 Å². The van der Waals surface area contributed by atoms with Crippen LogP contribution in [0.2, 0.25) is 0 Å². The third kappa shape index (κ3) is 5.72. The Hall–Kier alpha value is -2.89. The van der Waals surface area contributed by atoms with Crippen LogP contribution >= 0.6 is 0 Å². The zero-order chi connectivity index (χ0) is 18.1. The Morgan fingerprint density at radius 1 is 0.958 bits per heavy atom. The lowest BCUT2D eigenvalue weighted by atomic mass is 10.1. The Balaban J connectivity index is 3.00. The number of hydrogen-bond acceptors (Lipinski definition) is 6. The summed E-state index contributed by atoms with van der Waals surface area (Å²) in [6.07, 6.45) is 1.36. The lowest BCUT2D eigenvalue weighted by Gasteiger charge is -2.07. The molecule has 24 heavy (non-hydrogen) atoms. The van der Waals surface area contributed by atoms with Crippen LogP contribution in [0.5, 0.6) is 5.75 Å². The molecule has 0 unspecified atom stereocenters. The van der Waals surface area contributed by atoms with Crippen molar-refractivity contribution in [1.82, 2.24) is 0 Å². The number of benzene rings is 1. The molecule has 0 bridgehead atoms. The predicted octanol–water partition coefficient (Wildman–Crippen LogP) is 2.68. The molecule has 0 atom stereocenters. The van der Waals surface area contributed by atoms with Gasteiger partial charge in [-0.1, -0.05) is 18.7 Å². The molecule has 0 aliphatic heterocycles. The molecular formula is C18H20O6. The summed E-state index contributed by atoms with van der Waals surface area (Å²) in [5.41, 5.74) is 0.637. The van der Waals surface area contributed by atoms with E-state index in [4.69, 9.17) is 14.2 Å². The van der Waals surface area contributed by atoms with E-state index >= 15 is 0 Å². The van der Waals surface area contributed by atoms with Crippen molar-refractivity contribution >= 4 is 24.0 Å². The van der Waals surface area contributed by atoms with Crippen molar-refractivity contribution in [2.24, 2.45) is 0 Å². The van der Waals surface area contributed by atoms with Gasteiger partial charge in [0.2, 0.25) is 0 Å². The number of hydrogen-bond donors (Lipinski definition) is 0. The van der Waals surface area contributed by atoms with E-state index in [1.807, 2.05) is 0 Å². The molecular weight excluding hydrogens is 312 g/mol. The molecule has 1 rings (SSSR count). The van der Waals surface area contributed by atoms with E-state index in [-0.39, 0.29) is 24.4 Å². The molecule has 0 radical (unpaired) electrons. The van der Waals surface area contributed by atoms with E-state index in [1.54, 1.807) is 45.0 Å². The van der Waals surface area contributed by atoms with Gasteiger partial charge in [0.1, 0.15) is 11.3 Å². The molecule has 0 aliphatic rings. The number of carbonyl (C=O) groups is 3. The van der Waals surface area contributed by atoms with Crippen LogP contribution < -0.4 is 4.74 Å². The zero-order valence-electron chi connectivity index (χ0n) is 14.0. The Morgan fingerprint density at radius 2 is 1.46 bits per heavy atom. The van der Waals surface area contributed by atoms with Crippen molar-refractivity contribution < 1.29 is 28.6 Å². The van der Waals surface area contributed by atoms with Gasteiger partial charge in [0.15, 0.2) is 0 Å². The van der Waals surface area contributed by atoms with Gasteiger partial charge in [-0.3, -0.25) is 0 Å². The molecule has 6 heteroatoms. The highest BCUT2D eigenvalue weighted by Gasteiger charge is 2.20. The van der Waals surface area contributed by atoms with Crippen LogP contribution in [0.4, 0.5) is 0 Å². The van der Waals surface area contributed by atoms with E-state index in [0.29, 0.717) is 11.3 Å². The molecule has 0 saturated carbocycles. The van der Waals surface area contributed by atoms with Crippen molar-refractivity contribution in [1.29, 1.82) is 0 Å². The first-order valence-electron chi connectivity index (χ1n) is 7.42. The van der Waals surface area contributed by atoms with Crippen molar-refractivity contribution in [2.75, 3.05) is 13.2 Å². The van der Waals surface area contributed by atoms with Crippen molar-refractivity contribution in [3.63, 3.8) is 0 Å². The summed E-state index contributed by atoms with van der Waals surface area (Å²) in [7, 11) is 0. The highest BCUT2D eigenvalue weighted by molar-refractivity contribution is 6.17. The van der Waals surface area contributed by atoms with Gasteiger partial charge in [0, 0.05) is 5.57 Å². The summed E-state index contributed by atoms with van der Waals surface area (Å²) < 4.78 is 14.8. The first-order chi connectivity index (χ1) is 11.4. The summed E-state index contributed by atoms with van der Waals surface area (Å²) in [5.74, 6) is -1.71. The minimum absolute atomic E-state index is 0.144. The minimum atomic E-state index is -0.756. The summed E-state index contributed by atoms with van der Waals surface area (Å²) in [6, 6.07) is 6.28. The third-order valence-corrected chi connectivity index (χ3v) is 2.74. The number of esters is 3. The second-order valence-corrected chi connectivity index (χ2v) is 4.74. The zero-order valence-corrected chi connectivity index (χ0v) is 14.0. The molecule has 0 fully saturated rings. The van der Waals surface area contributed by atoms with Crippen LogP contribution in [-0.4, -0.2) is 31.1 Å². The Bertz CT molecular complexity index is 635. The molecule has 0 aliphatic carbocycles. The fourth-order valence-electron chi connectivity index (χ4n) is 1.61. The van der Waals surface area contributed by atoms with Gasteiger partial charge in [-0.05, 0) is 44.5 Å². The molecule has 0 spiro atoms. The third-order valence-electron chi connectivity index (χ3n) is 2.74. The normalized spacial score (nSPS) is 9.62. The van der Waals surface area contributed by atoms with Crippen LogP contribution in [-0.2, 0) is 23.9 Å². The molecule has 1 aromatic rings. The first kappa shape index (κ1) is 19.2. The van der Waals surface area contributed by atoms with E-state index in [1.165, 1.54) is 6.08 Å². The standard InChI is InChI=1S/C18H20O6/c1-5-22-17(20)15(18(21)23-6-2)11-13-7-9-14(10-8-13)24-16(19)12(3)4/h7-11H,3,5-6H2,1-2,4H3. The van der Waals surface area contributed by atoms with Gasteiger partial charge < -0.3 is 14.2 Å². The largest absolute Gasteiger partial charge is 0.462 e. The first-order valence-corrected chi connectivity index (χ1v) is 7.42. The van der Waals surface area contributed by atoms with Crippen LogP contribution in [0.25, 0.3) is 6.08 Å². The Labute approximate surface area is 140 Å². The maximum Gasteiger partial charge on any atom is 0.345 e. The fourth-order valence-corrected chi connectivity index (χ4v) is 1.61. The maximum absolute atomic E-state index is 11.9. The van der Waals surface area contributed by atoms with E-state index < -0.39 is 17.9 Å². The van der Waals surface area contributed by atoms with Crippen LogP contribution in [0.15, 0.2) is 42.0 Å². The quantitative estimate of drug-likeness (QED) is 0.251. The van der Waals surface area contributed by atoms with Crippen molar-refractivity contribution in [3.8, 4) is 5.75 Å². The molecule has 0 saturated heterocycles. The summed E-state index contributed by atoms with van der Waals surface area (Å²) in [6.45, 7) is 8.62. The molecule has 0 aromatic heterocycles. The SMILES string of the molecule is C=C(C)C(=O)Oc1ccc(C=C(C(=O)OCC)C(=O)OCC)cc1. The van der Waals surface area contributed by atoms with Crippen LogP contribution in [0, 0.1) is 0 Å². The summed E-state index contributed by atoms with van der Waals surface area (Å²) >= 11 is 0. The van der Waals surface area contributed by atoms with Gasteiger partial charge in [0.05, 0.1) is 13.2 Å². The van der Waals surface area contributed by atoms with E-state index in [2.05, 4.69) is 6.58 Å². The molecule has 0 amide bonds. The van der Waals surface area contributed by atoms with Gasteiger partial charge in [-0.15, -0.1) is 0 Å². The number of ether oxygens (including phenoxy) is 3. The van der Waals surface area contributed by atoms with Gasteiger partial charge in [0.25, 0.3) is 0 Å². The summed E-state index contributed by atoms with van der Waals surface area (Å²) in [4.78, 5) is 35.2. The Kier molecular flexibility index (Phi) is 7.42. The molecule has 6 nitrogen and oxygen atoms in total. The lowest BCUT2D eigenvalue weighted by molar-refractivity contribution is -0.146. The smallest absolute Gasteiger partial charge is 0.345 e. The van der Waals surface area contributed by atoms with Crippen molar-refractivity contribution in [2.45, 2.75) is 20.8 Å². The summed E-state index contributed by atoms with van der Waals surface area (Å²) in [5, 5.41) is 0. The molecule has 1 aromatic carbocycles. The van der Waals surface area contributed by atoms with Crippen LogP contribution in [0.3, 0.4) is 0 Å². The highest BCUT2D eigenvalue weighted by Crippen LogP contribution is 2.17. The fraction of sp³-hybridized carbons (Fsp3) is 0.278. The second-order valence-electron chi connectivity index (χ2n) is 4.74. The predicted molar refractivity (Wildman–Crippen MR) is 88.1 cm³/mol. The number of rotatable bonds is 7. The average Bonchev–Trinajstić information content (AvgIpc) is 2.54. The molecule has 0 N–H and O–H groups in total. The van der Waals surface area contributed by atoms with Gasteiger partial charge in [-0.2, -0.15) is 0 Å². The molecule has 128 valence electrons. The maximum atomic E-state index is 11.9. The second kappa shape index (κ2) is 9.29. The van der Waals surface area contributed by atoms with E-state index in [0.717, 1.165) is 0 Å². The van der Waals surface area contributed by atoms with E-state index in [9.17, 15) is 14.4 Å². The highest BCUT2D eigenvalue weighted by atomic mass is 16.6. The van der Waals surface area contributed by atoms with Crippen LogP contribution in [0.1, 0.15) is 26.3 Å². The lowest BCUT2D eigenvalue weighted by Crippen LogP contribution is -2.18. The topological polar surface area (TPSA) is 78.9 Å². The minimum Gasteiger partial charge on any atom is -0.462 e. The monoisotopic (exact) mass is 332 g/mol. The number of carbonyl (C=O) groups excluding carboxylic acids is 3. The molecule has 0 heterocycles. The van der Waals surface area contributed by atoms with Gasteiger partial charge >= 0.3 is 17.9 Å².